The molecule has 1 saturated heterocycles. The van der Waals surface area contributed by atoms with E-state index < -0.39 is 61.6 Å². The molecule has 0 amide bonds. The highest BCUT2D eigenvalue weighted by molar-refractivity contribution is 7.60. The molecular weight excluding hydrogens is 470 g/mol. The van der Waals surface area contributed by atoms with Crippen LogP contribution in [0.4, 0.5) is 0 Å². The number of hydrogen-bond acceptors (Lipinski definition) is 9. The van der Waals surface area contributed by atoms with Crippen LogP contribution in [0.25, 0.3) is 0 Å². The van der Waals surface area contributed by atoms with Crippen LogP contribution in [0.1, 0.15) is 6.92 Å². The summed E-state index contributed by atoms with van der Waals surface area (Å²) in [6.07, 6.45) is -6.83. The lowest BCUT2D eigenvalue weighted by atomic mass is 9.86. The first kappa shape index (κ1) is 36.5. The number of aliphatic hydroxyl groups is 6. The molecule has 0 aromatic rings. The Balaban J connectivity index is -0.000000576. The number of methoxy groups -OCH3 is 1. The van der Waals surface area contributed by atoms with Crippen molar-refractivity contribution < 1.29 is 40.1 Å². The first-order valence-corrected chi connectivity index (χ1v) is 7.47. The van der Waals surface area contributed by atoms with Crippen molar-refractivity contribution in [1.82, 2.24) is 5.32 Å². The largest absolute Gasteiger partial charge is 0.392 e. The van der Waals surface area contributed by atoms with Gasteiger partial charge < -0.3 is 45.4 Å². The Morgan fingerprint density at radius 3 is 1.93 bits per heavy atom. The Morgan fingerprint density at radius 2 is 1.46 bits per heavy atom. The molecule has 0 radical (unpaired) electrons. The van der Waals surface area contributed by atoms with Crippen molar-refractivity contribution in [2.75, 3.05) is 13.7 Å². The maximum atomic E-state index is 10.2. The number of ether oxygens (including phenoxy) is 2. The zero-order chi connectivity index (χ0) is 17.3. The molecule has 0 spiro atoms. The first-order chi connectivity index (χ1) is 10.8. The van der Waals surface area contributed by atoms with E-state index >= 15 is 0 Å². The van der Waals surface area contributed by atoms with Crippen molar-refractivity contribution in [3.05, 3.63) is 11.6 Å². The highest BCUT2D eigenvalue weighted by Crippen LogP contribution is 2.25. The molecule has 9 atom stereocenters. The van der Waals surface area contributed by atoms with E-state index in [0.29, 0.717) is 0 Å². The fourth-order valence-electron chi connectivity index (χ4n) is 3.02. The van der Waals surface area contributed by atoms with Crippen molar-refractivity contribution in [2.45, 2.75) is 61.9 Å². The maximum Gasteiger partial charge on any atom is 0.186 e. The Kier molecular flexibility index (Phi) is 20.7. The highest BCUT2D eigenvalue weighted by atomic mass is 32.1. The second-order valence-electron chi connectivity index (χ2n) is 5.97. The van der Waals surface area contributed by atoms with Gasteiger partial charge in [0.15, 0.2) is 6.29 Å². The summed E-state index contributed by atoms with van der Waals surface area (Å²) in [7, 11) is 1.35. The van der Waals surface area contributed by atoms with Crippen molar-refractivity contribution in [1.29, 1.82) is 0 Å². The average Bonchev–Trinajstić information content (AvgIpc) is 2.54. The van der Waals surface area contributed by atoms with Gasteiger partial charge in [-0.15, -0.1) is 0 Å². The fourth-order valence-corrected chi connectivity index (χ4v) is 3.02. The first-order valence-electron chi connectivity index (χ1n) is 7.47. The second-order valence-corrected chi connectivity index (χ2v) is 5.97. The van der Waals surface area contributed by atoms with Crippen molar-refractivity contribution in [2.24, 2.45) is 0 Å². The number of nitrogens with one attached hydrogen (secondary N) is 1. The minimum atomic E-state index is -1.48. The molecule has 1 fully saturated rings. The average molecular weight is 506 g/mol. The summed E-state index contributed by atoms with van der Waals surface area (Å²) in [5.74, 6) is 0. The highest BCUT2D eigenvalue weighted by Gasteiger charge is 2.45. The third-order valence-electron chi connectivity index (χ3n) is 4.47. The Bertz CT molecular complexity index is 452. The summed E-state index contributed by atoms with van der Waals surface area (Å²) in [6.45, 7) is 1.19. The molecule has 0 bridgehead atoms. The molecule has 28 heavy (non-hydrogen) atoms. The monoisotopic (exact) mass is 505 g/mol. The van der Waals surface area contributed by atoms with Gasteiger partial charge in [0.2, 0.25) is 0 Å². The Labute approximate surface area is 199 Å². The van der Waals surface area contributed by atoms with E-state index in [-0.39, 0.29) is 73.1 Å². The lowest BCUT2D eigenvalue weighted by Gasteiger charge is -2.44. The zero-order valence-corrected chi connectivity index (χ0v) is 20.5. The van der Waals surface area contributed by atoms with Crippen LogP contribution >= 0.6 is 67.5 Å². The summed E-state index contributed by atoms with van der Waals surface area (Å²) in [4.78, 5) is 0. The number of hydrogen-bond donors (Lipinski definition) is 7. The SMILES string of the molecule is CO[C@@H]1O[C@H](C)C(NC2C=C(CO)[C@@H](O)C(O)[C@H]2O)[C@H](O)C1O.S.S.S.S.S. The van der Waals surface area contributed by atoms with Crippen LogP contribution in [0.5, 0.6) is 0 Å². The van der Waals surface area contributed by atoms with Gasteiger partial charge in [-0.2, -0.15) is 67.5 Å². The van der Waals surface area contributed by atoms with E-state index in [0.717, 1.165) is 0 Å². The van der Waals surface area contributed by atoms with Crippen LogP contribution in [0.3, 0.4) is 0 Å². The normalized spacial score (nSPS) is 39.6. The quantitative estimate of drug-likeness (QED) is 0.198. The van der Waals surface area contributed by atoms with Gasteiger partial charge in [-0.3, -0.25) is 0 Å². The van der Waals surface area contributed by atoms with E-state index in [1.807, 2.05) is 0 Å². The van der Waals surface area contributed by atoms with Crippen LogP contribution in [0.15, 0.2) is 11.6 Å². The van der Waals surface area contributed by atoms with Crippen LogP contribution in [-0.2, 0) is 9.47 Å². The van der Waals surface area contributed by atoms with Gasteiger partial charge in [-0.25, -0.2) is 0 Å². The lowest BCUT2D eigenvalue weighted by Crippen LogP contribution is -2.66. The summed E-state index contributed by atoms with van der Waals surface area (Å²) >= 11 is 0. The summed E-state index contributed by atoms with van der Waals surface area (Å²) in [6, 6.07) is -1.60. The van der Waals surface area contributed by atoms with Crippen LogP contribution in [-0.4, -0.2) is 99.4 Å². The van der Waals surface area contributed by atoms with Crippen molar-refractivity contribution in [3.8, 4) is 0 Å². The molecule has 0 aromatic carbocycles. The molecule has 14 heteroatoms. The molecule has 4 unspecified atom stereocenters. The minimum Gasteiger partial charge on any atom is -0.392 e. The van der Waals surface area contributed by atoms with Gasteiger partial charge in [0.05, 0.1) is 24.8 Å². The molecule has 2 rings (SSSR count). The van der Waals surface area contributed by atoms with E-state index in [2.05, 4.69) is 5.32 Å². The van der Waals surface area contributed by atoms with E-state index in [4.69, 9.17) is 9.47 Å². The number of aliphatic hydroxyl groups excluding tert-OH is 6. The third kappa shape index (κ3) is 7.67. The fraction of sp³-hybridized carbons (Fsp3) is 0.857. The topological polar surface area (TPSA) is 152 Å². The standard InChI is InChI=1S/C14H25NO8.5H2S/c1-5-8(11(19)13(21)14(22-2)23-5)15-7-3-6(4-16)9(17)12(20)10(7)18;;;;;/h3,5,7-21H,4H2,1-2H3;5*1H2/t5-,7?,8?,9-,10+,11+,12?,13?,14-;;;;;/m1...../s1. The molecule has 9 nitrogen and oxygen atoms in total. The predicted octanol–water partition coefficient (Wildman–Crippen LogP) is -2.99. The van der Waals surface area contributed by atoms with Gasteiger partial charge in [0, 0.05) is 7.11 Å². The lowest BCUT2D eigenvalue weighted by molar-refractivity contribution is -0.265. The van der Waals surface area contributed by atoms with Crippen LogP contribution in [0, 0.1) is 0 Å². The maximum absolute atomic E-state index is 10.2. The molecular formula is C14H35NO8S5. The Hall–Kier alpha value is 1.13. The molecule has 2 aliphatic rings. The Morgan fingerprint density at radius 1 is 0.929 bits per heavy atom. The van der Waals surface area contributed by atoms with Gasteiger partial charge in [-0.1, -0.05) is 6.08 Å². The molecule has 7 N–H and O–H groups in total. The molecule has 174 valence electrons. The molecule has 0 aromatic heterocycles. The van der Waals surface area contributed by atoms with E-state index in [9.17, 15) is 30.6 Å². The minimum absolute atomic E-state index is 0. The molecule has 1 aliphatic carbocycles. The summed E-state index contributed by atoms with van der Waals surface area (Å²) < 4.78 is 10.4. The molecule has 1 aliphatic heterocycles. The molecule has 0 saturated carbocycles. The van der Waals surface area contributed by atoms with Gasteiger partial charge >= 0.3 is 0 Å². The smallest absolute Gasteiger partial charge is 0.186 e. The van der Waals surface area contributed by atoms with Gasteiger partial charge in [0.25, 0.3) is 0 Å². The van der Waals surface area contributed by atoms with Crippen LogP contribution < -0.4 is 5.32 Å². The zero-order valence-electron chi connectivity index (χ0n) is 15.5. The van der Waals surface area contributed by atoms with Crippen molar-refractivity contribution >= 4 is 67.5 Å². The van der Waals surface area contributed by atoms with E-state index in [1.165, 1.54) is 13.2 Å². The predicted molar refractivity (Wildman–Crippen MR) is 129 cm³/mol. The van der Waals surface area contributed by atoms with Gasteiger partial charge in [-0.05, 0) is 12.5 Å². The molecule has 1 heterocycles. The second kappa shape index (κ2) is 15.9. The van der Waals surface area contributed by atoms with Gasteiger partial charge in [0.1, 0.15) is 30.5 Å². The van der Waals surface area contributed by atoms with Crippen LogP contribution in [0.2, 0.25) is 0 Å². The third-order valence-corrected chi connectivity index (χ3v) is 4.47. The number of rotatable bonds is 4. The summed E-state index contributed by atoms with van der Waals surface area (Å²) in [5.41, 5.74) is 0.162. The van der Waals surface area contributed by atoms with E-state index in [1.54, 1.807) is 6.92 Å². The van der Waals surface area contributed by atoms with Crippen molar-refractivity contribution in [3.63, 3.8) is 0 Å². The summed E-state index contributed by atoms with van der Waals surface area (Å²) in [5, 5.41) is 62.0.